The molecule has 1 aliphatic rings. The van der Waals surface area contributed by atoms with Gasteiger partial charge in [-0.2, -0.15) is 0 Å². The monoisotopic (exact) mass is 369 g/mol. The maximum absolute atomic E-state index is 11.7. The summed E-state index contributed by atoms with van der Waals surface area (Å²) in [6, 6.07) is 2.94. The average Bonchev–Trinajstić information content (AvgIpc) is 2.60. The van der Waals surface area contributed by atoms with Crippen LogP contribution in [-0.4, -0.2) is 46.0 Å². The Morgan fingerprint density at radius 2 is 2.12 bits per heavy atom. The van der Waals surface area contributed by atoms with Crippen LogP contribution in [0.3, 0.4) is 0 Å². The maximum Gasteiger partial charge on any atom is 0.331 e. The van der Waals surface area contributed by atoms with Crippen LogP contribution in [-0.2, 0) is 14.3 Å². The third-order valence-electron chi connectivity index (χ3n) is 3.97. The van der Waals surface area contributed by atoms with Crippen LogP contribution in [0.25, 0.3) is 0 Å². The third-order valence-corrected chi connectivity index (χ3v) is 3.97. The van der Waals surface area contributed by atoms with Gasteiger partial charge < -0.3 is 19.9 Å². The molecule has 1 aromatic carbocycles. The molecule has 0 aromatic heterocycles. The average molecular weight is 369 g/mol. The molecule has 26 heavy (non-hydrogen) atoms. The molecule has 1 unspecified atom stereocenters. The Morgan fingerprint density at radius 3 is 2.65 bits per heavy atom. The van der Waals surface area contributed by atoms with Gasteiger partial charge in [0.15, 0.2) is 11.8 Å². The SMILES string of the molecule is C[C@@](COC1CCCCO1)(Nc1ccc([N+](=O)[O-])cc1[N+](=O)[O-])C(=O)O. The van der Waals surface area contributed by atoms with Crippen molar-refractivity contribution < 1.29 is 29.2 Å². The van der Waals surface area contributed by atoms with Crippen molar-refractivity contribution in [3.8, 4) is 0 Å². The third kappa shape index (κ3) is 4.64. The van der Waals surface area contributed by atoms with Gasteiger partial charge in [0, 0.05) is 12.7 Å². The number of aliphatic carboxylic acids is 1. The Hall–Kier alpha value is -2.79. The lowest BCUT2D eigenvalue weighted by molar-refractivity contribution is -0.393. The molecule has 0 saturated carbocycles. The van der Waals surface area contributed by atoms with Crippen LogP contribution in [0.5, 0.6) is 0 Å². The molecule has 11 heteroatoms. The molecule has 2 atom stereocenters. The number of hydrogen-bond acceptors (Lipinski definition) is 8. The molecule has 2 N–H and O–H groups in total. The van der Waals surface area contributed by atoms with Crippen LogP contribution < -0.4 is 5.32 Å². The molecule has 1 heterocycles. The van der Waals surface area contributed by atoms with E-state index in [1.807, 2.05) is 0 Å². The minimum absolute atomic E-state index is 0.154. The Bertz CT molecular complexity index is 704. The van der Waals surface area contributed by atoms with E-state index in [1.54, 1.807) is 0 Å². The van der Waals surface area contributed by atoms with Gasteiger partial charge in [-0.15, -0.1) is 0 Å². The molecule has 142 valence electrons. The van der Waals surface area contributed by atoms with Gasteiger partial charge in [-0.3, -0.25) is 20.2 Å². The highest BCUT2D eigenvalue weighted by molar-refractivity contribution is 5.84. The minimum Gasteiger partial charge on any atom is -0.479 e. The van der Waals surface area contributed by atoms with E-state index in [4.69, 9.17) is 9.47 Å². The van der Waals surface area contributed by atoms with E-state index in [2.05, 4.69) is 5.32 Å². The maximum atomic E-state index is 11.7. The van der Waals surface area contributed by atoms with Crippen LogP contribution in [0.4, 0.5) is 17.1 Å². The number of nitrogens with one attached hydrogen (secondary N) is 1. The number of anilines is 1. The van der Waals surface area contributed by atoms with Crippen molar-refractivity contribution in [2.45, 2.75) is 38.0 Å². The normalized spacial score (nSPS) is 19.3. The standard InChI is InChI=1S/C15H19N3O8/c1-15(14(19)20,9-26-13-4-2-3-7-25-13)16-11-6-5-10(17(21)22)8-12(11)18(23)24/h5-6,8,13,16H,2-4,7,9H2,1H3,(H,19,20)/t13?,15-/m0/s1. The van der Waals surface area contributed by atoms with E-state index in [0.29, 0.717) is 13.0 Å². The first-order chi connectivity index (χ1) is 12.2. The zero-order valence-corrected chi connectivity index (χ0v) is 14.0. The van der Waals surface area contributed by atoms with E-state index in [9.17, 15) is 30.1 Å². The zero-order chi connectivity index (χ0) is 19.3. The Kier molecular flexibility index (Phi) is 6.05. The van der Waals surface area contributed by atoms with Crippen molar-refractivity contribution >= 4 is 23.0 Å². The number of carboxylic acid groups (broad SMARTS) is 1. The number of carbonyl (C=O) groups is 1. The van der Waals surface area contributed by atoms with Gasteiger partial charge >= 0.3 is 5.97 Å². The summed E-state index contributed by atoms with van der Waals surface area (Å²) >= 11 is 0. The predicted molar refractivity (Wildman–Crippen MR) is 89.0 cm³/mol. The Morgan fingerprint density at radius 1 is 1.38 bits per heavy atom. The smallest absolute Gasteiger partial charge is 0.331 e. The zero-order valence-electron chi connectivity index (χ0n) is 14.0. The van der Waals surface area contributed by atoms with Crippen molar-refractivity contribution in [1.29, 1.82) is 0 Å². The first-order valence-electron chi connectivity index (χ1n) is 7.90. The van der Waals surface area contributed by atoms with Crippen molar-refractivity contribution in [2.24, 2.45) is 0 Å². The van der Waals surface area contributed by atoms with Gasteiger partial charge in [0.2, 0.25) is 0 Å². The second-order valence-electron chi connectivity index (χ2n) is 6.09. The number of rotatable bonds is 8. The minimum atomic E-state index is -1.69. The van der Waals surface area contributed by atoms with Gasteiger partial charge in [-0.1, -0.05) is 0 Å². The van der Waals surface area contributed by atoms with Crippen molar-refractivity contribution in [1.82, 2.24) is 0 Å². The first kappa shape index (κ1) is 19.5. The number of carboxylic acids is 1. The topological polar surface area (TPSA) is 154 Å². The highest BCUT2D eigenvalue weighted by Crippen LogP contribution is 2.31. The Labute approximate surface area is 148 Å². The first-order valence-corrected chi connectivity index (χ1v) is 7.90. The number of nitro benzene ring substituents is 2. The number of nitrogens with zero attached hydrogens (tertiary/aromatic N) is 2. The fraction of sp³-hybridized carbons (Fsp3) is 0.533. The molecule has 0 bridgehead atoms. The van der Waals surface area contributed by atoms with Gasteiger partial charge in [-0.05, 0) is 32.3 Å². The summed E-state index contributed by atoms with van der Waals surface area (Å²) in [7, 11) is 0. The summed E-state index contributed by atoms with van der Waals surface area (Å²) in [6.45, 7) is 1.53. The van der Waals surface area contributed by atoms with Gasteiger partial charge in [0.05, 0.1) is 22.5 Å². The van der Waals surface area contributed by atoms with Crippen LogP contribution in [0, 0.1) is 20.2 Å². The second-order valence-corrected chi connectivity index (χ2v) is 6.09. The highest BCUT2D eigenvalue weighted by atomic mass is 16.7. The predicted octanol–water partition coefficient (Wildman–Crippen LogP) is 2.30. The number of ether oxygens (including phenoxy) is 2. The summed E-state index contributed by atoms with van der Waals surface area (Å²) < 4.78 is 10.9. The summed E-state index contributed by atoms with van der Waals surface area (Å²) in [5.74, 6) is -1.29. The molecule has 1 aliphatic heterocycles. The lowest BCUT2D eigenvalue weighted by Crippen LogP contribution is -2.49. The lowest BCUT2D eigenvalue weighted by atomic mass is 10.0. The molecule has 1 saturated heterocycles. The number of benzene rings is 1. The lowest BCUT2D eigenvalue weighted by Gasteiger charge is -2.30. The van der Waals surface area contributed by atoms with E-state index in [-0.39, 0.29) is 12.3 Å². The fourth-order valence-corrected chi connectivity index (χ4v) is 2.44. The van der Waals surface area contributed by atoms with E-state index in [0.717, 1.165) is 31.0 Å². The molecule has 0 spiro atoms. The largest absolute Gasteiger partial charge is 0.479 e. The van der Waals surface area contributed by atoms with Crippen LogP contribution in [0.15, 0.2) is 18.2 Å². The molecular weight excluding hydrogens is 350 g/mol. The molecule has 11 nitrogen and oxygen atoms in total. The summed E-state index contributed by atoms with van der Waals surface area (Å²) in [5, 5.41) is 34.1. The van der Waals surface area contributed by atoms with Crippen LogP contribution in [0.1, 0.15) is 26.2 Å². The number of non-ortho nitro benzene ring substituents is 1. The van der Waals surface area contributed by atoms with Crippen LogP contribution in [0.2, 0.25) is 0 Å². The summed E-state index contributed by atoms with van der Waals surface area (Å²) in [4.78, 5) is 32.1. The molecule has 0 aliphatic carbocycles. The van der Waals surface area contributed by atoms with Crippen molar-refractivity contribution in [2.75, 3.05) is 18.5 Å². The molecule has 0 radical (unpaired) electrons. The van der Waals surface area contributed by atoms with Gasteiger partial charge in [-0.25, -0.2) is 4.79 Å². The van der Waals surface area contributed by atoms with E-state index in [1.165, 1.54) is 6.92 Å². The summed E-state index contributed by atoms with van der Waals surface area (Å²) in [5.41, 5.74) is -2.91. The summed E-state index contributed by atoms with van der Waals surface area (Å²) in [6.07, 6.45) is 1.91. The molecule has 2 rings (SSSR count). The molecule has 1 aromatic rings. The van der Waals surface area contributed by atoms with Gasteiger partial charge in [0.25, 0.3) is 11.4 Å². The highest BCUT2D eigenvalue weighted by Gasteiger charge is 2.37. The Balaban J connectivity index is 2.21. The quantitative estimate of drug-likeness (QED) is 0.518. The number of hydrogen-bond donors (Lipinski definition) is 2. The van der Waals surface area contributed by atoms with Crippen molar-refractivity contribution in [3.05, 3.63) is 38.4 Å². The second kappa shape index (κ2) is 8.06. The molecule has 0 amide bonds. The number of nitro groups is 2. The van der Waals surface area contributed by atoms with Gasteiger partial charge in [0.1, 0.15) is 5.69 Å². The van der Waals surface area contributed by atoms with E-state index >= 15 is 0 Å². The van der Waals surface area contributed by atoms with E-state index < -0.39 is 39.0 Å². The molecular formula is C15H19N3O8. The van der Waals surface area contributed by atoms with Crippen LogP contribution >= 0.6 is 0 Å². The van der Waals surface area contributed by atoms with Crippen molar-refractivity contribution in [3.63, 3.8) is 0 Å². The molecule has 1 fully saturated rings. The fourth-order valence-electron chi connectivity index (χ4n) is 2.44.